The van der Waals surface area contributed by atoms with Crippen molar-refractivity contribution in [3.05, 3.63) is 63.5 Å². The summed E-state index contributed by atoms with van der Waals surface area (Å²) in [5.41, 5.74) is 0.577. The highest BCUT2D eigenvalue weighted by molar-refractivity contribution is 5.75. The van der Waals surface area contributed by atoms with E-state index in [9.17, 15) is 19.3 Å². The second-order valence-electron chi connectivity index (χ2n) is 4.17. The minimum Gasteiger partial charge on any atom is -0.450 e. The maximum absolute atomic E-state index is 13.3. The van der Waals surface area contributed by atoms with Crippen LogP contribution in [0.4, 0.5) is 10.1 Å². The Morgan fingerprint density at radius 2 is 2.00 bits per heavy atom. The van der Waals surface area contributed by atoms with Gasteiger partial charge >= 0.3 is 5.69 Å². The molecule has 0 saturated heterocycles. The van der Waals surface area contributed by atoms with Gasteiger partial charge in [-0.15, -0.1) is 0 Å². The molecule has 0 aromatic heterocycles. The summed E-state index contributed by atoms with van der Waals surface area (Å²) in [6, 6.07) is 7.83. The highest BCUT2D eigenvalue weighted by Gasteiger charge is 2.16. The molecule has 0 aliphatic heterocycles. The Morgan fingerprint density at radius 1 is 1.25 bits per heavy atom. The molecular formula is C14H10FNO4. The first-order chi connectivity index (χ1) is 9.49. The van der Waals surface area contributed by atoms with Gasteiger partial charge in [0.05, 0.1) is 4.92 Å². The van der Waals surface area contributed by atoms with E-state index in [1.54, 1.807) is 13.0 Å². The number of carbonyl (C=O) groups excluding carboxylic acids is 1. The second kappa shape index (κ2) is 5.48. The molecule has 0 heterocycles. The van der Waals surface area contributed by atoms with Crippen molar-refractivity contribution in [3.8, 4) is 11.5 Å². The number of benzene rings is 2. The zero-order chi connectivity index (χ0) is 14.7. The first-order valence-electron chi connectivity index (χ1n) is 5.68. The van der Waals surface area contributed by atoms with Crippen LogP contribution in [0.3, 0.4) is 0 Å². The lowest BCUT2D eigenvalue weighted by atomic mass is 10.2. The summed E-state index contributed by atoms with van der Waals surface area (Å²) in [4.78, 5) is 21.0. The standard InChI is InChI=1S/C14H10FNO4/c1-9-2-3-14(13(4-9)16(18)19)20-12-6-10(8-17)5-11(15)7-12/h2-8H,1H3. The van der Waals surface area contributed by atoms with Crippen LogP contribution in [0, 0.1) is 22.9 Å². The number of aryl methyl sites for hydroxylation is 1. The van der Waals surface area contributed by atoms with Gasteiger partial charge in [-0.3, -0.25) is 14.9 Å². The van der Waals surface area contributed by atoms with Crippen LogP contribution in [-0.2, 0) is 0 Å². The molecule has 0 aliphatic carbocycles. The molecule has 2 aromatic carbocycles. The van der Waals surface area contributed by atoms with Gasteiger partial charge in [0.1, 0.15) is 17.9 Å². The summed E-state index contributed by atoms with van der Waals surface area (Å²) >= 11 is 0. The van der Waals surface area contributed by atoms with Crippen molar-refractivity contribution in [2.24, 2.45) is 0 Å². The first-order valence-corrected chi connectivity index (χ1v) is 5.68. The van der Waals surface area contributed by atoms with E-state index in [0.717, 1.165) is 12.1 Å². The molecule has 0 spiro atoms. The van der Waals surface area contributed by atoms with Crippen LogP contribution < -0.4 is 4.74 Å². The van der Waals surface area contributed by atoms with Crippen LogP contribution in [-0.4, -0.2) is 11.2 Å². The molecule has 0 unspecified atom stereocenters. The Bertz CT molecular complexity index is 685. The van der Waals surface area contributed by atoms with E-state index in [-0.39, 0.29) is 22.7 Å². The van der Waals surface area contributed by atoms with Crippen molar-refractivity contribution in [2.45, 2.75) is 6.92 Å². The Labute approximate surface area is 113 Å². The number of rotatable bonds is 4. The van der Waals surface area contributed by atoms with E-state index in [2.05, 4.69) is 0 Å². The van der Waals surface area contributed by atoms with Gasteiger partial charge in [-0.05, 0) is 30.7 Å². The molecule has 5 nitrogen and oxygen atoms in total. The third kappa shape index (κ3) is 2.97. The highest BCUT2D eigenvalue weighted by Crippen LogP contribution is 2.32. The highest BCUT2D eigenvalue weighted by atomic mass is 19.1. The summed E-state index contributed by atoms with van der Waals surface area (Å²) in [5, 5.41) is 10.9. The van der Waals surface area contributed by atoms with Crippen LogP contribution >= 0.6 is 0 Å². The lowest BCUT2D eigenvalue weighted by Crippen LogP contribution is -1.95. The van der Waals surface area contributed by atoms with Gasteiger partial charge in [0.25, 0.3) is 0 Å². The van der Waals surface area contributed by atoms with Gasteiger partial charge in [0.15, 0.2) is 0 Å². The summed E-state index contributed by atoms with van der Waals surface area (Å²) in [7, 11) is 0. The molecule has 0 fully saturated rings. The molecule has 0 atom stereocenters. The summed E-state index contributed by atoms with van der Waals surface area (Å²) in [6.45, 7) is 1.71. The number of halogens is 1. The van der Waals surface area contributed by atoms with Crippen molar-refractivity contribution < 1.29 is 18.8 Å². The topological polar surface area (TPSA) is 69.4 Å². The Hall–Kier alpha value is -2.76. The van der Waals surface area contributed by atoms with Gasteiger partial charge in [-0.1, -0.05) is 6.07 Å². The second-order valence-corrected chi connectivity index (χ2v) is 4.17. The van der Waals surface area contributed by atoms with Crippen molar-refractivity contribution in [2.75, 3.05) is 0 Å². The number of ether oxygens (including phenoxy) is 1. The summed E-state index contributed by atoms with van der Waals surface area (Å²) in [5.74, 6) is -0.638. The lowest BCUT2D eigenvalue weighted by molar-refractivity contribution is -0.385. The Morgan fingerprint density at radius 3 is 2.65 bits per heavy atom. The maximum atomic E-state index is 13.3. The number of hydrogen-bond donors (Lipinski definition) is 0. The van der Waals surface area contributed by atoms with Crippen molar-refractivity contribution in [3.63, 3.8) is 0 Å². The number of carbonyl (C=O) groups is 1. The lowest BCUT2D eigenvalue weighted by Gasteiger charge is -2.07. The van der Waals surface area contributed by atoms with Crippen LogP contribution in [0.5, 0.6) is 11.5 Å². The number of nitrogens with zero attached hydrogens (tertiary/aromatic N) is 1. The van der Waals surface area contributed by atoms with E-state index in [0.29, 0.717) is 11.8 Å². The normalized spacial score (nSPS) is 10.1. The molecule has 0 radical (unpaired) electrons. The number of nitro benzene ring substituents is 1. The SMILES string of the molecule is Cc1ccc(Oc2cc(F)cc(C=O)c2)c([N+](=O)[O-])c1. The molecular weight excluding hydrogens is 265 g/mol. The molecule has 20 heavy (non-hydrogen) atoms. The molecule has 2 rings (SSSR count). The van der Waals surface area contributed by atoms with Gasteiger partial charge in [0.2, 0.25) is 5.75 Å². The minimum atomic E-state index is -0.653. The van der Waals surface area contributed by atoms with E-state index in [1.807, 2.05) is 0 Å². The molecule has 0 aliphatic rings. The Balaban J connectivity index is 2.42. The van der Waals surface area contributed by atoms with E-state index >= 15 is 0 Å². The minimum absolute atomic E-state index is 0.0111. The zero-order valence-electron chi connectivity index (χ0n) is 10.5. The van der Waals surface area contributed by atoms with Gasteiger partial charge in [0, 0.05) is 17.7 Å². The number of hydrogen-bond acceptors (Lipinski definition) is 4. The molecule has 0 N–H and O–H groups in total. The number of nitro groups is 1. The zero-order valence-corrected chi connectivity index (χ0v) is 10.5. The third-order valence-electron chi connectivity index (χ3n) is 2.57. The molecule has 2 aromatic rings. The van der Waals surface area contributed by atoms with E-state index in [1.165, 1.54) is 18.2 Å². The molecule has 102 valence electrons. The average Bonchev–Trinajstić information content (AvgIpc) is 2.40. The smallest absolute Gasteiger partial charge is 0.311 e. The van der Waals surface area contributed by atoms with Gasteiger partial charge in [-0.25, -0.2) is 4.39 Å². The van der Waals surface area contributed by atoms with Crippen molar-refractivity contribution in [1.82, 2.24) is 0 Å². The maximum Gasteiger partial charge on any atom is 0.311 e. The fraction of sp³-hybridized carbons (Fsp3) is 0.0714. The Kier molecular flexibility index (Phi) is 3.74. The van der Waals surface area contributed by atoms with Gasteiger partial charge in [-0.2, -0.15) is 0 Å². The summed E-state index contributed by atoms with van der Waals surface area (Å²) in [6.07, 6.45) is 0.472. The van der Waals surface area contributed by atoms with E-state index < -0.39 is 10.7 Å². The molecule has 0 bridgehead atoms. The predicted octanol–water partition coefficient (Wildman–Crippen LogP) is 3.65. The van der Waals surface area contributed by atoms with Crippen molar-refractivity contribution in [1.29, 1.82) is 0 Å². The van der Waals surface area contributed by atoms with Crippen LogP contribution in [0.15, 0.2) is 36.4 Å². The average molecular weight is 275 g/mol. The van der Waals surface area contributed by atoms with Crippen LogP contribution in [0.2, 0.25) is 0 Å². The fourth-order valence-electron chi connectivity index (χ4n) is 1.69. The number of aldehydes is 1. The molecule has 6 heteroatoms. The quantitative estimate of drug-likeness (QED) is 0.485. The largest absolute Gasteiger partial charge is 0.450 e. The predicted molar refractivity (Wildman–Crippen MR) is 69.7 cm³/mol. The molecule has 0 saturated carbocycles. The third-order valence-corrected chi connectivity index (χ3v) is 2.57. The molecule has 0 amide bonds. The summed E-state index contributed by atoms with van der Waals surface area (Å²) < 4.78 is 18.6. The fourth-order valence-corrected chi connectivity index (χ4v) is 1.69. The van der Waals surface area contributed by atoms with Crippen LogP contribution in [0.25, 0.3) is 0 Å². The monoisotopic (exact) mass is 275 g/mol. The first kappa shape index (κ1) is 13.7. The van der Waals surface area contributed by atoms with Gasteiger partial charge < -0.3 is 4.74 Å². The van der Waals surface area contributed by atoms with Crippen LogP contribution in [0.1, 0.15) is 15.9 Å². The van der Waals surface area contributed by atoms with Crippen molar-refractivity contribution >= 4 is 12.0 Å². The van der Waals surface area contributed by atoms with E-state index in [4.69, 9.17) is 4.74 Å².